The minimum atomic E-state index is -3.74. The third-order valence-electron chi connectivity index (χ3n) is 2.78. The van der Waals surface area contributed by atoms with E-state index in [4.69, 9.17) is 5.73 Å². The quantitative estimate of drug-likeness (QED) is 0.604. The highest BCUT2D eigenvalue weighted by atomic mass is 79.9. The van der Waals surface area contributed by atoms with Gasteiger partial charge in [-0.1, -0.05) is 6.07 Å². The molecule has 0 aliphatic heterocycles. The maximum atomic E-state index is 12.6. The number of nitrogens with one attached hydrogen (secondary N) is 1. The molecular weight excluding hydrogens is 488 g/mol. The van der Waals surface area contributed by atoms with Gasteiger partial charge in [0.25, 0.3) is 10.0 Å². The molecule has 3 N–H and O–H groups in total. The van der Waals surface area contributed by atoms with Crippen LogP contribution in [0.3, 0.4) is 0 Å². The van der Waals surface area contributed by atoms with Crippen LogP contribution in [0, 0.1) is 6.92 Å². The lowest BCUT2D eigenvalue weighted by atomic mass is 10.2. The first kappa shape index (κ1) is 16.8. The zero-order valence-electron chi connectivity index (χ0n) is 10.8. The number of para-hydroxylation sites is 1. The number of anilines is 2. The van der Waals surface area contributed by atoms with E-state index < -0.39 is 10.0 Å². The van der Waals surface area contributed by atoms with Crippen molar-refractivity contribution in [3.8, 4) is 0 Å². The Bertz CT molecular complexity index is 787. The lowest BCUT2D eigenvalue weighted by molar-refractivity contribution is 0.600. The summed E-state index contributed by atoms with van der Waals surface area (Å²) < 4.78 is 29.7. The summed E-state index contributed by atoms with van der Waals surface area (Å²) in [7, 11) is -3.74. The Balaban J connectivity index is 2.51. The summed E-state index contributed by atoms with van der Waals surface area (Å²) in [5.74, 6) is 0. The predicted octanol–water partition coefficient (Wildman–Crippen LogP) is 4.67. The van der Waals surface area contributed by atoms with Crippen molar-refractivity contribution < 1.29 is 8.42 Å². The topological polar surface area (TPSA) is 72.2 Å². The molecule has 4 nitrogen and oxygen atoms in total. The smallest absolute Gasteiger partial charge is 0.262 e. The van der Waals surface area contributed by atoms with Crippen molar-refractivity contribution in [2.45, 2.75) is 11.8 Å². The number of hydrogen-bond donors (Lipinski definition) is 2. The molecule has 0 heterocycles. The van der Waals surface area contributed by atoms with Crippen LogP contribution in [-0.4, -0.2) is 8.42 Å². The number of aryl methyl sites for hydroxylation is 1. The Hall–Kier alpha value is -0.570. The van der Waals surface area contributed by atoms with Gasteiger partial charge >= 0.3 is 0 Å². The number of rotatable bonds is 3. The van der Waals surface area contributed by atoms with E-state index in [9.17, 15) is 8.42 Å². The third-order valence-corrected chi connectivity index (χ3v) is 6.28. The molecule has 0 aromatic heterocycles. The average Bonchev–Trinajstić information content (AvgIpc) is 2.38. The number of hydrogen-bond acceptors (Lipinski definition) is 3. The monoisotopic (exact) mass is 496 g/mol. The zero-order chi connectivity index (χ0) is 15.8. The molecule has 112 valence electrons. The summed E-state index contributed by atoms with van der Waals surface area (Å²) in [6.45, 7) is 1.72. The van der Waals surface area contributed by atoms with Gasteiger partial charge in [0.1, 0.15) is 0 Å². The van der Waals surface area contributed by atoms with Gasteiger partial charge in [0.05, 0.1) is 10.6 Å². The minimum Gasteiger partial charge on any atom is -0.398 e. The van der Waals surface area contributed by atoms with Crippen LogP contribution in [0.5, 0.6) is 0 Å². The lowest BCUT2D eigenvalue weighted by Gasteiger charge is -2.14. The van der Waals surface area contributed by atoms with E-state index >= 15 is 0 Å². The van der Waals surface area contributed by atoms with E-state index in [1.807, 2.05) is 0 Å². The first-order valence-corrected chi connectivity index (χ1v) is 9.61. The molecule has 2 rings (SSSR count). The molecule has 0 amide bonds. The first-order valence-electron chi connectivity index (χ1n) is 5.75. The van der Waals surface area contributed by atoms with Gasteiger partial charge in [0, 0.05) is 19.1 Å². The van der Waals surface area contributed by atoms with Crippen molar-refractivity contribution >= 4 is 69.2 Å². The van der Waals surface area contributed by atoms with Crippen molar-refractivity contribution in [3.05, 3.63) is 49.3 Å². The highest BCUT2D eigenvalue weighted by Gasteiger charge is 2.20. The fourth-order valence-electron chi connectivity index (χ4n) is 1.74. The van der Waals surface area contributed by atoms with E-state index in [1.165, 1.54) is 6.07 Å². The van der Waals surface area contributed by atoms with Crippen molar-refractivity contribution in [3.63, 3.8) is 0 Å². The predicted molar refractivity (Wildman–Crippen MR) is 95.9 cm³/mol. The van der Waals surface area contributed by atoms with E-state index in [-0.39, 0.29) is 4.90 Å². The van der Waals surface area contributed by atoms with Crippen molar-refractivity contribution in [2.75, 3.05) is 10.5 Å². The van der Waals surface area contributed by atoms with Gasteiger partial charge in [0.15, 0.2) is 0 Å². The van der Waals surface area contributed by atoms with E-state index in [2.05, 4.69) is 52.5 Å². The standard InChI is InChI=1S/C13H11Br3N2O2S/c1-7-5-10(16)11(17)6-12(7)21(19,20)18-13-8(14)3-2-4-9(13)15/h2-6,18H,17H2,1H3. The van der Waals surface area contributed by atoms with Gasteiger partial charge < -0.3 is 5.73 Å². The molecule has 0 fully saturated rings. The van der Waals surface area contributed by atoms with Gasteiger partial charge in [-0.3, -0.25) is 4.72 Å². The van der Waals surface area contributed by atoms with Crippen LogP contribution in [0.25, 0.3) is 0 Å². The molecular formula is C13H11Br3N2O2S. The Kier molecular flexibility index (Phi) is 5.02. The number of benzene rings is 2. The van der Waals surface area contributed by atoms with Crippen LogP contribution in [-0.2, 0) is 10.0 Å². The molecule has 0 bridgehead atoms. The Labute approximate surface area is 148 Å². The van der Waals surface area contributed by atoms with Crippen LogP contribution in [0.2, 0.25) is 0 Å². The molecule has 0 saturated carbocycles. The summed E-state index contributed by atoms with van der Waals surface area (Å²) >= 11 is 9.94. The molecule has 2 aromatic rings. The van der Waals surface area contributed by atoms with Crippen molar-refractivity contribution in [2.24, 2.45) is 0 Å². The van der Waals surface area contributed by atoms with Crippen LogP contribution in [0.1, 0.15) is 5.56 Å². The molecule has 0 atom stereocenters. The van der Waals surface area contributed by atoms with E-state index in [0.29, 0.717) is 30.4 Å². The summed E-state index contributed by atoms with van der Waals surface area (Å²) in [4.78, 5) is 0.144. The molecule has 0 unspecified atom stereocenters. The normalized spacial score (nSPS) is 11.4. The summed E-state index contributed by atoms with van der Waals surface area (Å²) in [5, 5.41) is 0. The van der Waals surface area contributed by atoms with Gasteiger partial charge in [-0.2, -0.15) is 0 Å². The van der Waals surface area contributed by atoms with Crippen LogP contribution >= 0.6 is 47.8 Å². The highest BCUT2D eigenvalue weighted by Crippen LogP contribution is 2.34. The molecule has 0 aliphatic carbocycles. The largest absolute Gasteiger partial charge is 0.398 e. The highest BCUT2D eigenvalue weighted by molar-refractivity contribution is 9.11. The van der Waals surface area contributed by atoms with Gasteiger partial charge in [-0.15, -0.1) is 0 Å². The summed E-state index contributed by atoms with van der Waals surface area (Å²) in [6, 6.07) is 8.43. The second-order valence-corrected chi connectivity index (χ2v) is 8.56. The molecule has 8 heteroatoms. The molecule has 0 saturated heterocycles. The van der Waals surface area contributed by atoms with Crippen molar-refractivity contribution in [1.82, 2.24) is 0 Å². The first-order chi connectivity index (χ1) is 9.72. The third kappa shape index (κ3) is 3.61. The number of halogens is 3. The fourth-order valence-corrected chi connectivity index (χ4v) is 5.02. The number of sulfonamides is 1. The molecule has 0 spiro atoms. The van der Waals surface area contributed by atoms with Gasteiger partial charge in [0.2, 0.25) is 0 Å². The molecule has 2 aromatic carbocycles. The van der Waals surface area contributed by atoms with E-state index in [1.54, 1.807) is 31.2 Å². The van der Waals surface area contributed by atoms with Crippen LogP contribution in [0.4, 0.5) is 11.4 Å². The fraction of sp³-hybridized carbons (Fsp3) is 0.0769. The maximum absolute atomic E-state index is 12.6. The zero-order valence-corrected chi connectivity index (χ0v) is 16.4. The van der Waals surface area contributed by atoms with Gasteiger partial charge in [-0.05, 0) is 84.5 Å². The molecule has 0 radical (unpaired) electrons. The Morgan fingerprint density at radius 3 is 2.19 bits per heavy atom. The molecule has 0 aliphatic rings. The second kappa shape index (κ2) is 6.28. The lowest BCUT2D eigenvalue weighted by Crippen LogP contribution is -2.15. The van der Waals surface area contributed by atoms with Crippen LogP contribution < -0.4 is 10.5 Å². The average molecular weight is 499 g/mol. The number of nitrogen functional groups attached to an aromatic ring is 1. The van der Waals surface area contributed by atoms with Crippen LogP contribution in [0.15, 0.2) is 48.6 Å². The minimum absolute atomic E-state index is 0.144. The Morgan fingerprint density at radius 2 is 1.62 bits per heavy atom. The SMILES string of the molecule is Cc1cc(Br)c(N)cc1S(=O)(=O)Nc1c(Br)cccc1Br. The van der Waals surface area contributed by atoms with E-state index in [0.717, 1.165) is 0 Å². The summed E-state index contributed by atoms with van der Waals surface area (Å²) in [6.07, 6.45) is 0. The summed E-state index contributed by atoms with van der Waals surface area (Å²) in [5.41, 5.74) is 7.20. The Morgan fingerprint density at radius 1 is 1.05 bits per heavy atom. The molecule has 21 heavy (non-hydrogen) atoms. The maximum Gasteiger partial charge on any atom is 0.262 e. The second-order valence-electron chi connectivity index (χ2n) is 4.34. The van der Waals surface area contributed by atoms with Gasteiger partial charge in [-0.25, -0.2) is 8.42 Å². The van der Waals surface area contributed by atoms with Crippen molar-refractivity contribution in [1.29, 1.82) is 0 Å². The number of nitrogens with two attached hydrogens (primary N) is 1.